The lowest BCUT2D eigenvalue weighted by Crippen LogP contribution is -2.16. The minimum atomic E-state index is -4.75. The van der Waals surface area contributed by atoms with Gasteiger partial charge < -0.3 is 19.5 Å². The van der Waals surface area contributed by atoms with Crippen LogP contribution >= 0.6 is 0 Å². The monoisotopic (exact) mass is 460 g/mol. The molecule has 0 saturated carbocycles. The van der Waals surface area contributed by atoms with Gasteiger partial charge in [-0.25, -0.2) is 0 Å². The quantitative estimate of drug-likeness (QED) is 0.453. The number of ether oxygens (including phenoxy) is 3. The molecule has 6 nitrogen and oxygen atoms in total. The van der Waals surface area contributed by atoms with Gasteiger partial charge in [-0.3, -0.25) is 9.78 Å². The summed E-state index contributed by atoms with van der Waals surface area (Å²) in [5.74, 6) is 0.164. The number of rotatable bonds is 8. The summed E-state index contributed by atoms with van der Waals surface area (Å²) in [6.45, 7) is 3.72. The topological polar surface area (TPSA) is 69.7 Å². The van der Waals surface area contributed by atoms with Crippen LogP contribution in [0.4, 0.5) is 18.9 Å². The maximum atomic E-state index is 12.6. The van der Waals surface area contributed by atoms with Crippen LogP contribution in [0.1, 0.15) is 28.7 Å². The number of benzene rings is 2. The van der Waals surface area contributed by atoms with E-state index in [2.05, 4.69) is 15.0 Å². The van der Waals surface area contributed by atoms with Crippen molar-refractivity contribution in [1.29, 1.82) is 0 Å². The standard InChI is InChI=1S/C24H23F3N2O4/c1-15(31-3)14-18-6-13-22(16(2)28-18)23(30)29-17-4-7-19(8-5-17)32-20-9-11-21(12-10-20)33-24(25,26)27/h4-13,15H,14H2,1-3H3,(H,29,30). The normalized spacial score (nSPS) is 12.2. The molecule has 1 atom stereocenters. The minimum Gasteiger partial charge on any atom is -0.457 e. The first-order valence-electron chi connectivity index (χ1n) is 10.1. The zero-order valence-corrected chi connectivity index (χ0v) is 18.3. The molecule has 1 amide bonds. The zero-order chi connectivity index (χ0) is 24.0. The van der Waals surface area contributed by atoms with E-state index < -0.39 is 6.36 Å². The van der Waals surface area contributed by atoms with Gasteiger partial charge in [-0.2, -0.15) is 0 Å². The Kier molecular flexibility index (Phi) is 7.55. The number of aromatic nitrogens is 1. The van der Waals surface area contributed by atoms with Crippen molar-refractivity contribution in [1.82, 2.24) is 4.98 Å². The molecule has 0 spiro atoms. The lowest BCUT2D eigenvalue weighted by molar-refractivity contribution is -0.274. The Balaban J connectivity index is 1.59. The van der Waals surface area contributed by atoms with Gasteiger partial charge in [0.1, 0.15) is 17.2 Å². The molecule has 1 heterocycles. The van der Waals surface area contributed by atoms with E-state index in [1.165, 1.54) is 12.1 Å². The second kappa shape index (κ2) is 10.4. The molecule has 1 aromatic heterocycles. The van der Waals surface area contributed by atoms with E-state index in [-0.39, 0.29) is 17.8 Å². The molecule has 3 rings (SSSR count). The van der Waals surface area contributed by atoms with Gasteiger partial charge in [-0.1, -0.05) is 0 Å². The molecule has 33 heavy (non-hydrogen) atoms. The highest BCUT2D eigenvalue weighted by atomic mass is 19.4. The largest absolute Gasteiger partial charge is 0.573 e. The number of anilines is 1. The van der Waals surface area contributed by atoms with Crippen molar-refractivity contribution in [3.05, 3.63) is 77.6 Å². The first kappa shape index (κ1) is 24.1. The van der Waals surface area contributed by atoms with Crippen molar-refractivity contribution in [2.75, 3.05) is 12.4 Å². The minimum absolute atomic E-state index is 0.0310. The van der Waals surface area contributed by atoms with Crippen molar-refractivity contribution in [3.8, 4) is 17.2 Å². The predicted molar refractivity (Wildman–Crippen MR) is 117 cm³/mol. The highest BCUT2D eigenvalue weighted by Gasteiger charge is 2.31. The Morgan fingerprint density at radius 3 is 2.09 bits per heavy atom. The fraction of sp³-hybridized carbons (Fsp3) is 0.250. The summed E-state index contributed by atoms with van der Waals surface area (Å²) in [6.07, 6.45) is -4.07. The molecular formula is C24H23F3N2O4. The van der Waals surface area contributed by atoms with Crippen LogP contribution in [0, 0.1) is 6.92 Å². The number of nitrogens with one attached hydrogen (secondary N) is 1. The van der Waals surface area contributed by atoms with Crippen molar-refractivity contribution in [2.45, 2.75) is 32.7 Å². The smallest absolute Gasteiger partial charge is 0.457 e. The second-order valence-corrected chi connectivity index (χ2v) is 7.29. The van der Waals surface area contributed by atoms with Gasteiger partial charge >= 0.3 is 6.36 Å². The summed E-state index contributed by atoms with van der Waals surface area (Å²) in [6, 6.07) is 15.2. The van der Waals surface area contributed by atoms with Crippen LogP contribution in [-0.4, -0.2) is 30.5 Å². The van der Waals surface area contributed by atoms with Crippen LogP contribution in [0.2, 0.25) is 0 Å². The fourth-order valence-electron chi connectivity index (χ4n) is 2.99. The van der Waals surface area contributed by atoms with Crippen molar-refractivity contribution in [3.63, 3.8) is 0 Å². The summed E-state index contributed by atoms with van der Waals surface area (Å²) >= 11 is 0. The summed E-state index contributed by atoms with van der Waals surface area (Å²) in [5, 5.41) is 2.81. The number of hydrogen-bond acceptors (Lipinski definition) is 5. The molecule has 9 heteroatoms. The van der Waals surface area contributed by atoms with Gasteiger partial charge in [0.25, 0.3) is 5.91 Å². The number of amides is 1. The number of carbonyl (C=O) groups is 1. The summed E-state index contributed by atoms with van der Waals surface area (Å²) in [4.78, 5) is 17.1. The number of halogens is 3. The third-order valence-electron chi connectivity index (χ3n) is 4.69. The number of aryl methyl sites for hydroxylation is 1. The first-order chi connectivity index (χ1) is 15.6. The van der Waals surface area contributed by atoms with Crippen LogP contribution in [0.25, 0.3) is 0 Å². The van der Waals surface area contributed by atoms with Crippen LogP contribution in [0.15, 0.2) is 60.7 Å². The number of pyridine rings is 1. The van der Waals surface area contributed by atoms with Crippen molar-refractivity contribution >= 4 is 11.6 Å². The van der Waals surface area contributed by atoms with E-state index in [4.69, 9.17) is 9.47 Å². The molecular weight excluding hydrogens is 437 g/mol. The SMILES string of the molecule is COC(C)Cc1ccc(C(=O)Nc2ccc(Oc3ccc(OC(F)(F)F)cc3)cc2)c(C)n1. The summed E-state index contributed by atoms with van der Waals surface area (Å²) < 4.78 is 51.4. The first-order valence-corrected chi connectivity index (χ1v) is 10.1. The molecule has 3 aromatic rings. The lowest BCUT2D eigenvalue weighted by Gasteiger charge is -2.12. The summed E-state index contributed by atoms with van der Waals surface area (Å²) in [7, 11) is 1.64. The Bertz CT molecular complexity index is 1080. The Morgan fingerprint density at radius 2 is 1.55 bits per heavy atom. The molecule has 1 N–H and O–H groups in total. The van der Waals surface area contributed by atoms with Gasteiger partial charge in [0, 0.05) is 24.9 Å². The molecule has 0 fully saturated rings. The Hall–Kier alpha value is -3.59. The predicted octanol–water partition coefficient (Wildman–Crippen LogP) is 5.91. The van der Waals surface area contributed by atoms with Gasteiger partial charge in [-0.15, -0.1) is 13.2 Å². The molecule has 0 bridgehead atoms. The average Bonchev–Trinajstić information content (AvgIpc) is 2.75. The molecule has 0 saturated heterocycles. The van der Waals surface area contributed by atoms with Gasteiger partial charge in [0.2, 0.25) is 0 Å². The molecule has 2 aromatic carbocycles. The molecule has 0 radical (unpaired) electrons. The number of alkyl halides is 3. The Morgan fingerprint density at radius 1 is 0.970 bits per heavy atom. The number of hydrogen-bond donors (Lipinski definition) is 1. The van der Waals surface area contributed by atoms with Gasteiger partial charge in [0.15, 0.2) is 0 Å². The number of methoxy groups -OCH3 is 1. The maximum Gasteiger partial charge on any atom is 0.573 e. The van der Waals surface area contributed by atoms with E-state index in [1.54, 1.807) is 50.4 Å². The van der Waals surface area contributed by atoms with Crippen LogP contribution in [0.5, 0.6) is 17.2 Å². The maximum absolute atomic E-state index is 12.6. The highest BCUT2D eigenvalue weighted by molar-refractivity contribution is 6.05. The number of nitrogens with zero attached hydrogens (tertiary/aromatic N) is 1. The molecule has 0 aliphatic heterocycles. The molecule has 0 aliphatic carbocycles. The van der Waals surface area contributed by atoms with Gasteiger partial charge in [0.05, 0.1) is 17.4 Å². The van der Waals surface area contributed by atoms with Crippen LogP contribution in [0.3, 0.4) is 0 Å². The highest BCUT2D eigenvalue weighted by Crippen LogP contribution is 2.28. The summed E-state index contributed by atoms with van der Waals surface area (Å²) in [5.41, 5.74) is 2.48. The fourth-order valence-corrected chi connectivity index (χ4v) is 2.99. The lowest BCUT2D eigenvalue weighted by atomic mass is 10.1. The Labute approximate surface area is 189 Å². The average molecular weight is 460 g/mol. The number of carbonyl (C=O) groups excluding carboxylic acids is 1. The molecule has 174 valence electrons. The van der Waals surface area contributed by atoms with Crippen LogP contribution in [-0.2, 0) is 11.2 Å². The third-order valence-corrected chi connectivity index (χ3v) is 4.69. The van der Waals surface area contributed by atoms with E-state index in [0.29, 0.717) is 34.9 Å². The molecule has 0 aliphatic rings. The van der Waals surface area contributed by atoms with Gasteiger partial charge in [-0.05, 0) is 74.5 Å². The third kappa shape index (κ3) is 7.21. The zero-order valence-electron chi connectivity index (χ0n) is 18.3. The van der Waals surface area contributed by atoms with Crippen LogP contribution < -0.4 is 14.8 Å². The second-order valence-electron chi connectivity index (χ2n) is 7.29. The van der Waals surface area contributed by atoms with E-state index in [1.807, 2.05) is 6.92 Å². The van der Waals surface area contributed by atoms with E-state index in [0.717, 1.165) is 17.8 Å². The molecule has 1 unspecified atom stereocenters. The van der Waals surface area contributed by atoms with Crippen molar-refractivity contribution < 1.29 is 32.2 Å². The van der Waals surface area contributed by atoms with Crippen molar-refractivity contribution in [2.24, 2.45) is 0 Å². The van der Waals surface area contributed by atoms with E-state index in [9.17, 15) is 18.0 Å². The van der Waals surface area contributed by atoms with E-state index >= 15 is 0 Å².